The van der Waals surface area contributed by atoms with Crippen molar-refractivity contribution in [2.24, 2.45) is 0 Å². The van der Waals surface area contributed by atoms with E-state index in [2.05, 4.69) is 5.32 Å². The minimum Gasteiger partial charge on any atom is -0.325 e. The Morgan fingerprint density at radius 1 is 0.900 bits per heavy atom. The molecule has 3 rings (SSSR count). The molecule has 30 heavy (non-hydrogen) atoms. The molecule has 0 aliphatic heterocycles. The van der Waals surface area contributed by atoms with Gasteiger partial charge in [0.1, 0.15) is 6.54 Å². The summed E-state index contributed by atoms with van der Waals surface area (Å²) in [6, 6.07) is 17.8. The van der Waals surface area contributed by atoms with Crippen LogP contribution in [-0.4, -0.2) is 20.9 Å². The topological polar surface area (TPSA) is 66.5 Å². The third kappa shape index (κ3) is 4.95. The Bertz CT molecular complexity index is 1180. The third-order valence-electron chi connectivity index (χ3n) is 4.60. The van der Waals surface area contributed by atoms with Crippen LogP contribution in [-0.2, 0) is 14.8 Å². The van der Waals surface area contributed by atoms with Crippen LogP contribution in [0.5, 0.6) is 0 Å². The maximum atomic E-state index is 13.3. The monoisotopic (exact) mass is 462 g/mol. The Labute approximate surface area is 186 Å². The van der Waals surface area contributed by atoms with Gasteiger partial charge in [-0.25, -0.2) is 8.42 Å². The number of hydrogen-bond donors (Lipinski definition) is 1. The van der Waals surface area contributed by atoms with Crippen molar-refractivity contribution < 1.29 is 13.2 Å². The summed E-state index contributed by atoms with van der Waals surface area (Å²) < 4.78 is 27.6. The van der Waals surface area contributed by atoms with Gasteiger partial charge in [-0.15, -0.1) is 0 Å². The van der Waals surface area contributed by atoms with Crippen molar-refractivity contribution >= 4 is 50.5 Å². The molecular formula is C22H20Cl2N2O3S. The number of amides is 1. The summed E-state index contributed by atoms with van der Waals surface area (Å²) in [5, 5.41) is 3.24. The van der Waals surface area contributed by atoms with Crippen LogP contribution in [0.3, 0.4) is 0 Å². The van der Waals surface area contributed by atoms with E-state index in [1.807, 2.05) is 26.0 Å². The molecule has 0 atom stereocenters. The van der Waals surface area contributed by atoms with Crippen molar-refractivity contribution in [2.45, 2.75) is 18.7 Å². The van der Waals surface area contributed by atoms with Crippen LogP contribution in [0.1, 0.15) is 11.1 Å². The van der Waals surface area contributed by atoms with E-state index in [1.165, 1.54) is 30.3 Å². The average Bonchev–Trinajstić information content (AvgIpc) is 2.72. The fraction of sp³-hybridized carbons (Fsp3) is 0.136. The quantitative estimate of drug-likeness (QED) is 0.529. The second-order valence-electron chi connectivity index (χ2n) is 6.77. The minimum absolute atomic E-state index is 0.0649. The number of carbonyl (C=O) groups excluding carboxylic acids is 1. The van der Waals surface area contributed by atoms with Gasteiger partial charge in [-0.05, 0) is 67.4 Å². The summed E-state index contributed by atoms with van der Waals surface area (Å²) in [6.07, 6.45) is 0. The maximum absolute atomic E-state index is 13.3. The number of halogens is 2. The van der Waals surface area contributed by atoms with Crippen molar-refractivity contribution in [3.05, 3.63) is 87.9 Å². The third-order valence-corrected chi connectivity index (χ3v) is 7.13. The first-order valence-corrected chi connectivity index (χ1v) is 11.3. The van der Waals surface area contributed by atoms with Crippen molar-refractivity contribution in [1.82, 2.24) is 0 Å². The number of nitrogens with zero attached hydrogens (tertiary/aromatic N) is 1. The van der Waals surface area contributed by atoms with E-state index in [0.29, 0.717) is 5.69 Å². The van der Waals surface area contributed by atoms with E-state index in [-0.39, 0.29) is 20.6 Å². The van der Waals surface area contributed by atoms with Crippen LogP contribution in [0.15, 0.2) is 71.6 Å². The van der Waals surface area contributed by atoms with Gasteiger partial charge in [-0.2, -0.15) is 0 Å². The molecule has 0 aromatic heterocycles. The van der Waals surface area contributed by atoms with Crippen molar-refractivity contribution in [1.29, 1.82) is 0 Å². The molecule has 8 heteroatoms. The lowest BCUT2D eigenvalue weighted by Crippen LogP contribution is -2.38. The lowest BCUT2D eigenvalue weighted by atomic mass is 10.1. The van der Waals surface area contributed by atoms with E-state index in [1.54, 1.807) is 24.3 Å². The summed E-state index contributed by atoms with van der Waals surface area (Å²) in [6.45, 7) is 3.48. The van der Waals surface area contributed by atoms with Gasteiger partial charge in [0, 0.05) is 5.69 Å². The smallest absolute Gasteiger partial charge is 0.264 e. The first-order valence-electron chi connectivity index (χ1n) is 9.08. The Balaban J connectivity index is 1.95. The van der Waals surface area contributed by atoms with Crippen molar-refractivity contribution in [2.75, 3.05) is 16.2 Å². The molecule has 3 aromatic carbocycles. The van der Waals surface area contributed by atoms with Gasteiger partial charge >= 0.3 is 0 Å². The molecule has 156 valence electrons. The predicted octanol–water partition coefficient (Wildman–Crippen LogP) is 5.44. The van der Waals surface area contributed by atoms with Crippen LogP contribution in [0.2, 0.25) is 10.0 Å². The summed E-state index contributed by atoms with van der Waals surface area (Å²) in [5.41, 5.74) is 2.95. The molecule has 0 radical (unpaired) electrons. The molecule has 1 amide bonds. The molecule has 0 bridgehead atoms. The second-order valence-corrected chi connectivity index (χ2v) is 9.45. The number of hydrogen-bond acceptors (Lipinski definition) is 3. The molecule has 0 aliphatic carbocycles. The lowest BCUT2D eigenvalue weighted by molar-refractivity contribution is -0.114. The minimum atomic E-state index is -4.02. The van der Waals surface area contributed by atoms with E-state index >= 15 is 0 Å². The zero-order valence-corrected chi connectivity index (χ0v) is 18.7. The largest absolute Gasteiger partial charge is 0.325 e. The first kappa shape index (κ1) is 22.2. The highest BCUT2D eigenvalue weighted by Crippen LogP contribution is 2.30. The Hall–Kier alpha value is -2.54. The number of aryl methyl sites for hydroxylation is 2. The second kappa shape index (κ2) is 9.08. The Morgan fingerprint density at radius 2 is 1.60 bits per heavy atom. The van der Waals surface area contributed by atoms with Gasteiger partial charge in [0.05, 0.1) is 20.6 Å². The normalized spacial score (nSPS) is 11.2. The maximum Gasteiger partial charge on any atom is 0.264 e. The zero-order chi connectivity index (χ0) is 21.9. The highest BCUT2D eigenvalue weighted by molar-refractivity contribution is 7.92. The number of nitrogens with one attached hydrogen (secondary N) is 1. The lowest BCUT2D eigenvalue weighted by Gasteiger charge is -2.24. The standard InChI is InChI=1S/C22H20Cl2N2O3S/c1-15-8-9-17(12-16(15)2)25-22(27)14-26(18-10-11-20(23)21(24)13-18)30(28,29)19-6-4-3-5-7-19/h3-13H,14H2,1-2H3,(H,25,27). The van der Waals surface area contributed by atoms with Crippen molar-refractivity contribution in [3.8, 4) is 0 Å². The zero-order valence-electron chi connectivity index (χ0n) is 16.4. The molecule has 0 saturated heterocycles. The fourth-order valence-electron chi connectivity index (χ4n) is 2.83. The molecule has 0 spiro atoms. The number of benzene rings is 3. The molecular weight excluding hydrogens is 443 g/mol. The summed E-state index contributed by atoms with van der Waals surface area (Å²) in [7, 11) is -4.02. The van der Waals surface area contributed by atoms with Crippen molar-refractivity contribution in [3.63, 3.8) is 0 Å². The van der Waals surface area contributed by atoms with Crippen LogP contribution in [0, 0.1) is 13.8 Å². The fourth-order valence-corrected chi connectivity index (χ4v) is 4.55. The molecule has 1 N–H and O–H groups in total. The molecule has 3 aromatic rings. The van der Waals surface area contributed by atoms with Gasteiger partial charge in [-0.3, -0.25) is 9.10 Å². The molecule has 0 heterocycles. The number of carbonyl (C=O) groups is 1. The Morgan fingerprint density at radius 3 is 2.23 bits per heavy atom. The summed E-state index contributed by atoms with van der Waals surface area (Å²) in [5.74, 6) is -0.483. The first-order chi connectivity index (χ1) is 14.2. The van der Waals surface area contributed by atoms with E-state index in [4.69, 9.17) is 23.2 Å². The molecule has 5 nitrogen and oxygen atoms in total. The SMILES string of the molecule is Cc1ccc(NC(=O)CN(c2ccc(Cl)c(Cl)c2)S(=O)(=O)c2ccccc2)cc1C. The number of rotatable bonds is 6. The summed E-state index contributed by atoms with van der Waals surface area (Å²) >= 11 is 12.1. The molecule has 0 saturated carbocycles. The van der Waals surface area contributed by atoms with Crippen LogP contribution in [0.4, 0.5) is 11.4 Å². The number of anilines is 2. The average molecular weight is 463 g/mol. The van der Waals surface area contributed by atoms with Gasteiger partial charge in [-0.1, -0.05) is 47.5 Å². The highest BCUT2D eigenvalue weighted by atomic mass is 35.5. The predicted molar refractivity (Wildman–Crippen MR) is 122 cm³/mol. The summed E-state index contributed by atoms with van der Waals surface area (Å²) in [4.78, 5) is 12.8. The van der Waals surface area contributed by atoms with E-state index in [9.17, 15) is 13.2 Å². The van der Waals surface area contributed by atoms with Gasteiger partial charge in [0.25, 0.3) is 10.0 Å². The number of sulfonamides is 1. The van der Waals surface area contributed by atoms with Gasteiger partial charge in [0.2, 0.25) is 5.91 Å². The van der Waals surface area contributed by atoms with Gasteiger partial charge < -0.3 is 5.32 Å². The van der Waals surface area contributed by atoms with Crippen LogP contribution < -0.4 is 9.62 Å². The molecule has 0 aliphatic rings. The Kier molecular flexibility index (Phi) is 6.71. The van der Waals surface area contributed by atoms with Gasteiger partial charge in [0.15, 0.2) is 0 Å². The molecule has 0 fully saturated rings. The highest BCUT2D eigenvalue weighted by Gasteiger charge is 2.27. The molecule has 0 unspecified atom stereocenters. The van der Waals surface area contributed by atoms with Crippen LogP contribution >= 0.6 is 23.2 Å². The van der Waals surface area contributed by atoms with E-state index < -0.39 is 22.5 Å². The van der Waals surface area contributed by atoms with Crippen LogP contribution in [0.25, 0.3) is 0 Å². The van der Waals surface area contributed by atoms with E-state index in [0.717, 1.165) is 15.4 Å².